The number of rotatable bonds is 13. The number of esters is 1. The Balaban J connectivity index is 5.07. The maximum atomic E-state index is 12.9. The monoisotopic (exact) mass is 354 g/mol. The number of nitrogens with zero attached hydrogens (tertiary/aromatic N) is 1. The first kappa shape index (κ1) is 22.5. The van der Waals surface area contributed by atoms with Gasteiger partial charge in [0, 0.05) is 19.5 Å². The lowest BCUT2D eigenvalue weighted by Gasteiger charge is -2.32. The molecular weight excluding hydrogens is 323 g/mol. The molecule has 0 spiro atoms. The Hall–Kier alpha value is -0.500. The second-order valence-corrected chi connectivity index (χ2v) is 7.42. The number of likely N-dealkylation sites (N-methyl/N-ethyl adjacent to an activating group) is 1. The van der Waals surface area contributed by atoms with E-state index in [0.717, 1.165) is 6.54 Å². The predicted octanol–water partition coefficient (Wildman–Crippen LogP) is 1.05. The average Bonchev–Trinajstić information content (AvgIpc) is 2.46. The lowest BCUT2D eigenvalue weighted by Crippen LogP contribution is -2.44. The molecule has 138 valence electrons. The molecule has 0 fully saturated rings. The SMILES string of the molecule is CCOC(=O)C(O)(CCNCCN(C)C)P(=O)(OCC)OCC. The highest BCUT2D eigenvalue weighted by molar-refractivity contribution is 7.56. The standard InChI is InChI=1S/C14H31N2O6P/c1-6-20-13(17)14(18,9-10-15-11-12-16(4)5)23(19,21-7-2)22-8-3/h15,18H,6-12H2,1-5H3. The lowest BCUT2D eigenvalue weighted by molar-refractivity contribution is -0.158. The van der Waals surface area contributed by atoms with Crippen LogP contribution in [0.15, 0.2) is 0 Å². The largest absolute Gasteiger partial charge is 0.463 e. The van der Waals surface area contributed by atoms with Gasteiger partial charge in [-0.3, -0.25) is 4.57 Å². The van der Waals surface area contributed by atoms with Gasteiger partial charge in [-0.15, -0.1) is 0 Å². The van der Waals surface area contributed by atoms with Crippen molar-refractivity contribution in [3.63, 3.8) is 0 Å². The van der Waals surface area contributed by atoms with E-state index in [0.29, 0.717) is 6.54 Å². The summed E-state index contributed by atoms with van der Waals surface area (Å²) in [6.07, 6.45) is -0.128. The molecule has 0 aromatic heterocycles. The summed E-state index contributed by atoms with van der Waals surface area (Å²) in [6.45, 7) is 6.74. The Morgan fingerprint density at radius 1 is 1.13 bits per heavy atom. The van der Waals surface area contributed by atoms with Crippen molar-refractivity contribution in [2.24, 2.45) is 0 Å². The third kappa shape index (κ3) is 6.87. The smallest absolute Gasteiger partial charge is 0.373 e. The summed E-state index contributed by atoms with van der Waals surface area (Å²) in [4.78, 5) is 14.2. The third-order valence-corrected chi connectivity index (χ3v) is 5.55. The second-order valence-electron chi connectivity index (χ2n) is 5.17. The zero-order valence-electron chi connectivity index (χ0n) is 14.8. The van der Waals surface area contributed by atoms with E-state index in [1.165, 1.54) is 0 Å². The van der Waals surface area contributed by atoms with Crippen molar-refractivity contribution >= 4 is 13.6 Å². The van der Waals surface area contributed by atoms with Crippen LogP contribution in [0.1, 0.15) is 27.2 Å². The predicted molar refractivity (Wildman–Crippen MR) is 88.5 cm³/mol. The van der Waals surface area contributed by atoms with Gasteiger partial charge in [-0.25, -0.2) is 4.79 Å². The molecule has 1 atom stereocenters. The minimum atomic E-state index is -4.06. The topological polar surface area (TPSA) is 97.3 Å². The van der Waals surface area contributed by atoms with E-state index in [9.17, 15) is 14.5 Å². The van der Waals surface area contributed by atoms with Crippen LogP contribution >= 0.6 is 7.60 Å². The van der Waals surface area contributed by atoms with Crippen LogP contribution in [-0.4, -0.2) is 74.9 Å². The average molecular weight is 354 g/mol. The van der Waals surface area contributed by atoms with Gasteiger partial charge in [0.2, 0.25) is 0 Å². The van der Waals surface area contributed by atoms with E-state index in [1.807, 2.05) is 19.0 Å². The summed E-state index contributed by atoms with van der Waals surface area (Å²) in [5, 5.41) is 11.5. The Labute approximate surface area is 139 Å². The van der Waals surface area contributed by atoms with Crippen molar-refractivity contribution in [2.45, 2.75) is 32.5 Å². The van der Waals surface area contributed by atoms with Crippen LogP contribution in [0.5, 0.6) is 0 Å². The molecule has 0 radical (unpaired) electrons. The first-order valence-corrected chi connectivity index (χ1v) is 9.45. The molecule has 2 N–H and O–H groups in total. The summed E-state index contributed by atoms with van der Waals surface area (Å²) in [5.74, 6) is -0.986. The van der Waals surface area contributed by atoms with Crippen molar-refractivity contribution in [1.29, 1.82) is 0 Å². The molecule has 0 aliphatic rings. The molecule has 0 amide bonds. The molecule has 0 aliphatic carbocycles. The highest BCUT2D eigenvalue weighted by Gasteiger charge is 2.56. The molecule has 8 nitrogen and oxygen atoms in total. The summed E-state index contributed by atoms with van der Waals surface area (Å²) in [5.41, 5.74) is 0. The minimum absolute atomic E-state index is 0.0487. The number of aliphatic hydroxyl groups is 1. The van der Waals surface area contributed by atoms with Crippen LogP contribution in [0, 0.1) is 0 Å². The molecule has 0 rings (SSSR count). The Bertz CT molecular complexity index is 383. The van der Waals surface area contributed by atoms with Crippen molar-refractivity contribution in [1.82, 2.24) is 10.2 Å². The zero-order chi connectivity index (χ0) is 17.9. The fraction of sp³-hybridized carbons (Fsp3) is 0.929. The zero-order valence-corrected chi connectivity index (χ0v) is 15.7. The molecule has 0 bridgehead atoms. The van der Waals surface area contributed by atoms with Crippen LogP contribution < -0.4 is 5.32 Å². The van der Waals surface area contributed by atoms with Crippen molar-refractivity contribution in [3.05, 3.63) is 0 Å². The summed E-state index contributed by atoms with van der Waals surface area (Å²) in [7, 11) is -0.185. The minimum Gasteiger partial charge on any atom is -0.463 e. The van der Waals surface area contributed by atoms with E-state index in [4.69, 9.17) is 13.8 Å². The van der Waals surface area contributed by atoms with Gasteiger partial charge in [0.1, 0.15) is 0 Å². The van der Waals surface area contributed by atoms with Crippen LogP contribution in [0.2, 0.25) is 0 Å². The van der Waals surface area contributed by atoms with E-state index < -0.39 is 18.9 Å². The van der Waals surface area contributed by atoms with Crippen molar-refractivity contribution < 1.29 is 28.3 Å². The first-order valence-electron chi connectivity index (χ1n) is 7.91. The fourth-order valence-electron chi connectivity index (χ4n) is 1.88. The number of ether oxygens (including phenoxy) is 1. The molecular formula is C14H31N2O6P. The normalized spacial score (nSPS) is 14.7. The van der Waals surface area contributed by atoms with Crippen LogP contribution in [0.4, 0.5) is 0 Å². The molecule has 23 heavy (non-hydrogen) atoms. The Morgan fingerprint density at radius 3 is 2.13 bits per heavy atom. The summed E-state index contributed by atoms with van der Waals surface area (Å²) >= 11 is 0. The highest BCUT2D eigenvalue weighted by atomic mass is 31.2. The van der Waals surface area contributed by atoms with E-state index in [-0.39, 0.29) is 32.8 Å². The van der Waals surface area contributed by atoms with E-state index >= 15 is 0 Å². The van der Waals surface area contributed by atoms with Gasteiger partial charge >= 0.3 is 13.6 Å². The molecule has 0 aromatic rings. The van der Waals surface area contributed by atoms with Gasteiger partial charge in [0.15, 0.2) is 0 Å². The molecule has 1 unspecified atom stereocenters. The van der Waals surface area contributed by atoms with Crippen LogP contribution in [0.25, 0.3) is 0 Å². The molecule has 0 saturated carbocycles. The van der Waals surface area contributed by atoms with E-state index in [1.54, 1.807) is 20.8 Å². The second kappa shape index (κ2) is 11.1. The third-order valence-electron chi connectivity index (χ3n) is 3.04. The van der Waals surface area contributed by atoms with Gasteiger partial charge < -0.3 is 29.1 Å². The van der Waals surface area contributed by atoms with Crippen molar-refractivity contribution in [3.8, 4) is 0 Å². The lowest BCUT2D eigenvalue weighted by atomic mass is 10.2. The fourth-order valence-corrected chi connectivity index (χ4v) is 3.73. The highest BCUT2D eigenvalue weighted by Crippen LogP contribution is 2.60. The molecule has 9 heteroatoms. The van der Waals surface area contributed by atoms with Gasteiger partial charge in [-0.1, -0.05) is 0 Å². The number of carbonyl (C=O) groups excluding carboxylic acids is 1. The van der Waals surface area contributed by atoms with Gasteiger partial charge in [-0.2, -0.15) is 0 Å². The number of hydrogen-bond acceptors (Lipinski definition) is 8. The Morgan fingerprint density at radius 2 is 1.70 bits per heavy atom. The molecule has 0 aliphatic heterocycles. The summed E-state index contributed by atoms with van der Waals surface area (Å²) in [6, 6.07) is 0. The van der Waals surface area contributed by atoms with Crippen LogP contribution in [-0.2, 0) is 23.1 Å². The molecule has 0 saturated heterocycles. The van der Waals surface area contributed by atoms with Gasteiger partial charge in [0.05, 0.1) is 19.8 Å². The molecule has 0 aromatic carbocycles. The number of hydrogen-bond donors (Lipinski definition) is 2. The van der Waals surface area contributed by atoms with Crippen LogP contribution in [0.3, 0.4) is 0 Å². The van der Waals surface area contributed by atoms with Gasteiger partial charge in [0.25, 0.3) is 5.34 Å². The Kier molecular flexibility index (Phi) is 10.9. The first-order chi connectivity index (χ1) is 10.8. The quantitative estimate of drug-likeness (QED) is 0.288. The van der Waals surface area contributed by atoms with E-state index in [2.05, 4.69) is 5.32 Å². The number of nitrogens with one attached hydrogen (secondary N) is 1. The summed E-state index contributed by atoms with van der Waals surface area (Å²) < 4.78 is 28.1. The number of carbonyl (C=O) groups is 1. The van der Waals surface area contributed by atoms with Crippen molar-refractivity contribution in [2.75, 3.05) is 53.6 Å². The maximum absolute atomic E-state index is 12.9. The maximum Gasteiger partial charge on any atom is 0.373 e. The van der Waals surface area contributed by atoms with Gasteiger partial charge in [-0.05, 0) is 41.4 Å². The molecule has 0 heterocycles.